The molecule has 1 fully saturated rings. The minimum absolute atomic E-state index is 0.00691. The maximum Gasteiger partial charge on any atom is 0.300 e. The summed E-state index contributed by atoms with van der Waals surface area (Å²) in [6.07, 6.45) is 1.48. The topological polar surface area (TPSA) is 83.2 Å². The second kappa shape index (κ2) is 7.60. The van der Waals surface area contributed by atoms with E-state index in [-0.39, 0.29) is 11.3 Å². The molecular formula is C25H22N2O5. The number of furan rings is 1. The Morgan fingerprint density at radius 3 is 2.62 bits per heavy atom. The molecular weight excluding hydrogens is 408 g/mol. The van der Waals surface area contributed by atoms with Crippen LogP contribution in [0.4, 0.5) is 11.4 Å². The van der Waals surface area contributed by atoms with Gasteiger partial charge in [0, 0.05) is 18.3 Å². The monoisotopic (exact) mass is 430 g/mol. The molecule has 0 saturated carbocycles. The molecule has 1 unspecified atom stereocenters. The summed E-state index contributed by atoms with van der Waals surface area (Å²) in [5, 5.41) is 11.3. The van der Waals surface area contributed by atoms with Gasteiger partial charge in [0.05, 0.1) is 24.1 Å². The third-order valence-electron chi connectivity index (χ3n) is 5.96. The number of likely N-dealkylation sites (N-methyl/N-ethyl adjacent to an activating group) is 1. The van der Waals surface area contributed by atoms with Gasteiger partial charge in [0.15, 0.2) is 0 Å². The first-order valence-corrected chi connectivity index (χ1v) is 10.4. The van der Waals surface area contributed by atoms with Gasteiger partial charge in [0.2, 0.25) is 0 Å². The first-order chi connectivity index (χ1) is 15.5. The van der Waals surface area contributed by atoms with Crippen LogP contribution in [0.2, 0.25) is 0 Å². The van der Waals surface area contributed by atoms with E-state index < -0.39 is 17.7 Å². The van der Waals surface area contributed by atoms with Crippen LogP contribution in [0.3, 0.4) is 0 Å². The summed E-state index contributed by atoms with van der Waals surface area (Å²) in [6.45, 7) is 3.16. The molecule has 32 heavy (non-hydrogen) atoms. The number of amides is 1. The smallest absolute Gasteiger partial charge is 0.300 e. The lowest BCUT2D eigenvalue weighted by molar-refractivity contribution is -0.132. The van der Waals surface area contributed by atoms with Crippen LogP contribution >= 0.6 is 0 Å². The van der Waals surface area contributed by atoms with E-state index in [1.807, 2.05) is 31.0 Å². The minimum atomic E-state index is -0.879. The molecule has 162 valence electrons. The van der Waals surface area contributed by atoms with Crippen molar-refractivity contribution in [3.8, 4) is 5.75 Å². The number of nitrogens with zero attached hydrogens (tertiary/aromatic N) is 2. The van der Waals surface area contributed by atoms with Crippen molar-refractivity contribution in [2.75, 3.05) is 30.0 Å². The lowest BCUT2D eigenvalue weighted by Crippen LogP contribution is -2.29. The molecule has 7 heteroatoms. The predicted octanol–water partition coefficient (Wildman–Crippen LogP) is 4.04. The second-order valence-corrected chi connectivity index (χ2v) is 7.92. The fraction of sp³-hybridized carbons (Fsp3) is 0.200. The van der Waals surface area contributed by atoms with Gasteiger partial charge in [0.1, 0.15) is 29.9 Å². The van der Waals surface area contributed by atoms with E-state index in [0.29, 0.717) is 35.9 Å². The number of aryl methyl sites for hydroxylation is 1. The molecule has 1 N–H and O–H groups in total. The number of benzene rings is 2. The van der Waals surface area contributed by atoms with Gasteiger partial charge in [-0.1, -0.05) is 18.2 Å². The van der Waals surface area contributed by atoms with E-state index in [1.54, 1.807) is 42.5 Å². The highest BCUT2D eigenvalue weighted by atomic mass is 16.5. The summed E-state index contributed by atoms with van der Waals surface area (Å²) < 4.78 is 11.3. The SMILES string of the molecule is Cc1ccccc1N1C(=O)C(=O)/C(=C(\O)c2ccc3c(c2)N(C)CCO3)C1c1ccco1. The number of ether oxygens (including phenoxy) is 1. The molecule has 1 aromatic heterocycles. The quantitative estimate of drug-likeness (QED) is 0.384. The van der Waals surface area contributed by atoms with Gasteiger partial charge in [-0.3, -0.25) is 14.5 Å². The highest BCUT2D eigenvalue weighted by Crippen LogP contribution is 2.44. The number of para-hydroxylation sites is 1. The molecule has 0 radical (unpaired) electrons. The average molecular weight is 430 g/mol. The van der Waals surface area contributed by atoms with Crippen molar-refractivity contribution in [1.82, 2.24) is 0 Å². The number of carbonyl (C=O) groups excluding carboxylic acids is 2. The summed E-state index contributed by atoms with van der Waals surface area (Å²) in [7, 11) is 1.94. The molecule has 3 aromatic rings. The average Bonchev–Trinajstić information content (AvgIpc) is 3.41. The number of carbonyl (C=O) groups is 2. The Balaban J connectivity index is 1.69. The summed E-state index contributed by atoms with van der Waals surface area (Å²) in [4.78, 5) is 29.8. The summed E-state index contributed by atoms with van der Waals surface area (Å²) in [5.41, 5.74) is 2.66. The van der Waals surface area contributed by atoms with Gasteiger partial charge in [-0.05, 0) is 48.9 Å². The number of hydrogen-bond donors (Lipinski definition) is 1. The Hall–Kier alpha value is -4.00. The van der Waals surface area contributed by atoms with Crippen LogP contribution in [0, 0.1) is 6.92 Å². The molecule has 0 bridgehead atoms. The number of anilines is 2. The molecule has 1 atom stereocenters. The minimum Gasteiger partial charge on any atom is -0.507 e. The maximum absolute atomic E-state index is 13.2. The molecule has 1 amide bonds. The van der Waals surface area contributed by atoms with Gasteiger partial charge in [-0.2, -0.15) is 0 Å². The summed E-state index contributed by atoms with van der Waals surface area (Å²) in [6, 6.07) is 15.0. The zero-order chi connectivity index (χ0) is 22.4. The molecule has 0 spiro atoms. The van der Waals surface area contributed by atoms with Crippen LogP contribution in [-0.2, 0) is 9.59 Å². The van der Waals surface area contributed by atoms with Crippen molar-refractivity contribution in [3.63, 3.8) is 0 Å². The van der Waals surface area contributed by atoms with E-state index in [1.165, 1.54) is 11.2 Å². The lowest BCUT2D eigenvalue weighted by atomic mass is 9.98. The summed E-state index contributed by atoms with van der Waals surface area (Å²) >= 11 is 0. The van der Waals surface area contributed by atoms with Crippen LogP contribution < -0.4 is 14.5 Å². The van der Waals surface area contributed by atoms with Crippen LogP contribution in [0.15, 0.2) is 70.9 Å². The van der Waals surface area contributed by atoms with Crippen LogP contribution in [0.25, 0.3) is 5.76 Å². The molecule has 0 aliphatic carbocycles. The van der Waals surface area contributed by atoms with E-state index in [9.17, 15) is 14.7 Å². The summed E-state index contributed by atoms with van der Waals surface area (Å²) in [5.74, 6) is -0.608. The number of aliphatic hydroxyl groups is 1. The lowest BCUT2D eigenvalue weighted by Gasteiger charge is -2.28. The first-order valence-electron chi connectivity index (χ1n) is 10.4. The number of hydrogen-bond acceptors (Lipinski definition) is 6. The van der Waals surface area contributed by atoms with E-state index in [0.717, 1.165) is 11.3 Å². The number of ketones is 1. The van der Waals surface area contributed by atoms with Crippen molar-refractivity contribution < 1.29 is 23.8 Å². The zero-order valence-electron chi connectivity index (χ0n) is 17.7. The highest BCUT2D eigenvalue weighted by Gasteiger charge is 2.48. The van der Waals surface area contributed by atoms with Gasteiger partial charge in [0.25, 0.3) is 11.7 Å². The number of fused-ring (bicyclic) bond motifs is 1. The van der Waals surface area contributed by atoms with Crippen LogP contribution in [0.5, 0.6) is 5.75 Å². The molecule has 7 nitrogen and oxygen atoms in total. The van der Waals surface area contributed by atoms with Gasteiger partial charge in [-0.15, -0.1) is 0 Å². The van der Waals surface area contributed by atoms with Gasteiger partial charge in [-0.25, -0.2) is 0 Å². The number of rotatable bonds is 3. The Kier molecular flexibility index (Phi) is 4.74. The molecule has 5 rings (SSSR count). The van der Waals surface area contributed by atoms with Crippen molar-refractivity contribution >= 4 is 28.8 Å². The molecule has 2 aliphatic rings. The first kappa shape index (κ1) is 19.9. The molecule has 2 aliphatic heterocycles. The number of aliphatic hydroxyl groups excluding tert-OH is 1. The largest absolute Gasteiger partial charge is 0.507 e. The van der Waals surface area contributed by atoms with Crippen molar-refractivity contribution in [1.29, 1.82) is 0 Å². The van der Waals surface area contributed by atoms with Crippen LogP contribution in [0.1, 0.15) is 22.9 Å². The Morgan fingerprint density at radius 2 is 1.88 bits per heavy atom. The van der Waals surface area contributed by atoms with E-state index in [2.05, 4.69) is 0 Å². The third kappa shape index (κ3) is 3.05. The van der Waals surface area contributed by atoms with E-state index >= 15 is 0 Å². The molecule has 1 saturated heterocycles. The van der Waals surface area contributed by atoms with Crippen molar-refractivity contribution in [3.05, 3.63) is 83.3 Å². The van der Waals surface area contributed by atoms with Gasteiger partial charge >= 0.3 is 0 Å². The maximum atomic E-state index is 13.2. The normalized spacial score (nSPS) is 19.8. The third-order valence-corrected chi connectivity index (χ3v) is 5.96. The standard InChI is InChI=1S/C25H22N2O5/c1-15-6-3-4-7-17(15)27-22(20-8-5-12-31-20)21(24(29)25(27)30)23(28)16-9-10-19-18(14-16)26(2)11-13-32-19/h3-10,12,14,22,28H,11,13H2,1-2H3/b23-21-. The van der Waals surface area contributed by atoms with Crippen LogP contribution in [-0.4, -0.2) is 37.0 Å². The molecule has 3 heterocycles. The molecule has 2 aromatic carbocycles. The Bertz CT molecular complexity index is 1240. The second-order valence-electron chi connectivity index (χ2n) is 7.92. The van der Waals surface area contributed by atoms with Gasteiger partial charge < -0.3 is 19.2 Å². The predicted molar refractivity (Wildman–Crippen MR) is 120 cm³/mol. The van der Waals surface area contributed by atoms with Crippen molar-refractivity contribution in [2.45, 2.75) is 13.0 Å². The Morgan fingerprint density at radius 1 is 1.06 bits per heavy atom. The fourth-order valence-corrected chi connectivity index (χ4v) is 4.28. The van der Waals surface area contributed by atoms with Crippen molar-refractivity contribution in [2.24, 2.45) is 0 Å². The van der Waals surface area contributed by atoms with E-state index in [4.69, 9.17) is 9.15 Å². The number of Topliss-reactive ketones (excluding diaryl/α,β-unsaturated/α-hetero) is 1. The highest BCUT2D eigenvalue weighted by molar-refractivity contribution is 6.51. The Labute approximate surface area is 185 Å². The fourth-order valence-electron chi connectivity index (χ4n) is 4.28. The zero-order valence-corrected chi connectivity index (χ0v) is 17.7.